The van der Waals surface area contributed by atoms with Crippen LogP contribution in [0.3, 0.4) is 0 Å². The molecule has 1 aliphatic heterocycles. The number of hydrogen-bond acceptors (Lipinski definition) is 4. The van der Waals surface area contributed by atoms with Gasteiger partial charge in [0.1, 0.15) is 11.3 Å². The Bertz CT molecular complexity index is 763. The van der Waals surface area contributed by atoms with Crippen molar-refractivity contribution in [3.63, 3.8) is 0 Å². The fraction of sp³-hybridized carbons (Fsp3) is 0.444. The lowest BCUT2D eigenvalue weighted by Gasteiger charge is -2.16. The second-order valence-electron chi connectivity index (χ2n) is 6.51. The fourth-order valence-corrected chi connectivity index (χ4v) is 3.53. The molecular weight excluding hydrogens is 326 g/mol. The van der Waals surface area contributed by atoms with Gasteiger partial charge in [0.25, 0.3) is 5.91 Å². The molecule has 4 rings (SSSR count). The molecule has 1 aliphatic carbocycles. The van der Waals surface area contributed by atoms with Crippen molar-refractivity contribution < 1.29 is 9.53 Å². The Labute approximate surface area is 145 Å². The van der Waals surface area contributed by atoms with E-state index in [4.69, 9.17) is 16.3 Å². The van der Waals surface area contributed by atoms with Gasteiger partial charge in [0.15, 0.2) is 6.61 Å². The number of aromatic nitrogens is 1. The van der Waals surface area contributed by atoms with Crippen LogP contribution in [0.25, 0.3) is 10.9 Å². The highest BCUT2D eigenvalue weighted by Crippen LogP contribution is 2.30. The highest BCUT2D eigenvalue weighted by atomic mass is 35.5. The Morgan fingerprint density at radius 1 is 1.33 bits per heavy atom. The minimum Gasteiger partial charge on any atom is -0.481 e. The van der Waals surface area contributed by atoms with Crippen molar-refractivity contribution >= 4 is 28.4 Å². The van der Waals surface area contributed by atoms with Crippen LogP contribution in [0.4, 0.5) is 0 Å². The third-order valence-corrected chi connectivity index (χ3v) is 5.02. The zero-order valence-electron chi connectivity index (χ0n) is 13.4. The van der Waals surface area contributed by atoms with Gasteiger partial charge in [-0.1, -0.05) is 11.6 Å². The van der Waals surface area contributed by atoms with Crippen LogP contribution in [-0.2, 0) is 4.79 Å². The van der Waals surface area contributed by atoms with Crippen molar-refractivity contribution in [1.82, 2.24) is 15.2 Å². The Morgan fingerprint density at radius 3 is 3.04 bits per heavy atom. The molecule has 0 spiro atoms. The number of carbonyl (C=O) groups excluding carboxylic acids is 1. The lowest BCUT2D eigenvalue weighted by Crippen LogP contribution is -2.40. The molecule has 2 aromatic rings. The Balaban J connectivity index is 1.35. The van der Waals surface area contributed by atoms with Crippen molar-refractivity contribution in [2.75, 3.05) is 19.7 Å². The number of halogens is 1. The quantitative estimate of drug-likeness (QED) is 0.905. The van der Waals surface area contributed by atoms with Gasteiger partial charge in [-0.3, -0.25) is 14.7 Å². The zero-order chi connectivity index (χ0) is 16.5. The number of hydrogen-bond donors (Lipinski definition) is 1. The van der Waals surface area contributed by atoms with E-state index < -0.39 is 0 Å². The van der Waals surface area contributed by atoms with Gasteiger partial charge in [-0.15, -0.1) is 0 Å². The minimum atomic E-state index is -0.0864. The summed E-state index contributed by atoms with van der Waals surface area (Å²) in [6, 6.07) is 8.24. The summed E-state index contributed by atoms with van der Waals surface area (Å²) in [5.41, 5.74) is 0.679. The molecule has 6 heteroatoms. The number of rotatable bonds is 5. The van der Waals surface area contributed by atoms with Crippen LogP contribution < -0.4 is 10.1 Å². The first-order valence-electron chi connectivity index (χ1n) is 8.40. The summed E-state index contributed by atoms with van der Waals surface area (Å²) in [6.07, 6.45) is 5.32. The third kappa shape index (κ3) is 3.32. The number of nitrogens with one attached hydrogen (secondary N) is 1. The van der Waals surface area contributed by atoms with E-state index in [0.717, 1.165) is 30.9 Å². The maximum atomic E-state index is 12.2. The number of fused-ring (bicyclic) bond motifs is 1. The average molecular weight is 346 g/mol. The molecule has 1 aromatic heterocycles. The SMILES string of the molecule is O=C(COc1ccc(Cl)c2cccnc12)NC1CCN(C2CC2)C1. The van der Waals surface area contributed by atoms with Crippen molar-refractivity contribution in [1.29, 1.82) is 0 Å². The van der Waals surface area contributed by atoms with Crippen LogP contribution >= 0.6 is 11.6 Å². The smallest absolute Gasteiger partial charge is 0.258 e. The van der Waals surface area contributed by atoms with Crippen LogP contribution in [0.5, 0.6) is 5.75 Å². The molecule has 24 heavy (non-hydrogen) atoms. The standard InChI is InChI=1S/C18H20ClN3O2/c19-15-5-6-16(18-14(15)2-1-8-20-18)24-11-17(23)21-12-7-9-22(10-12)13-3-4-13/h1-2,5-6,8,12-13H,3-4,7,9-11H2,(H,21,23). The first-order chi connectivity index (χ1) is 11.7. The molecule has 2 aliphatic rings. The molecule has 5 nitrogen and oxygen atoms in total. The Morgan fingerprint density at radius 2 is 2.21 bits per heavy atom. The van der Waals surface area contributed by atoms with Crippen LogP contribution in [0.1, 0.15) is 19.3 Å². The molecule has 2 heterocycles. The van der Waals surface area contributed by atoms with Crippen LogP contribution in [0, 0.1) is 0 Å². The van der Waals surface area contributed by atoms with Gasteiger partial charge in [0, 0.05) is 36.8 Å². The highest BCUT2D eigenvalue weighted by molar-refractivity contribution is 6.35. The number of benzene rings is 1. The number of nitrogens with zero attached hydrogens (tertiary/aromatic N) is 2. The van der Waals surface area contributed by atoms with Gasteiger partial charge in [-0.2, -0.15) is 0 Å². The molecule has 0 bridgehead atoms. The van der Waals surface area contributed by atoms with Gasteiger partial charge >= 0.3 is 0 Å². The molecule has 1 amide bonds. The van der Waals surface area contributed by atoms with E-state index in [2.05, 4.69) is 15.2 Å². The van der Waals surface area contributed by atoms with E-state index in [1.54, 1.807) is 18.3 Å². The van der Waals surface area contributed by atoms with Crippen LogP contribution in [0.2, 0.25) is 5.02 Å². The van der Waals surface area contributed by atoms with Crippen molar-refractivity contribution in [2.45, 2.75) is 31.3 Å². The largest absolute Gasteiger partial charge is 0.481 e. The molecule has 1 saturated heterocycles. The normalized spacial score (nSPS) is 21.1. The number of likely N-dealkylation sites (tertiary alicyclic amines) is 1. The second kappa shape index (κ2) is 6.57. The highest BCUT2D eigenvalue weighted by Gasteiger charge is 2.34. The molecule has 1 aromatic carbocycles. The number of amides is 1. The van der Waals surface area contributed by atoms with Gasteiger partial charge in [-0.05, 0) is 43.5 Å². The van der Waals surface area contributed by atoms with E-state index in [1.807, 2.05) is 12.1 Å². The molecule has 2 fully saturated rings. The summed E-state index contributed by atoms with van der Waals surface area (Å²) in [5, 5.41) is 4.52. The van der Waals surface area contributed by atoms with Crippen LogP contribution in [-0.4, -0.2) is 47.6 Å². The Kier molecular flexibility index (Phi) is 4.29. The van der Waals surface area contributed by atoms with Gasteiger partial charge in [-0.25, -0.2) is 0 Å². The van der Waals surface area contributed by atoms with Crippen molar-refractivity contribution in [2.24, 2.45) is 0 Å². The number of pyridine rings is 1. The number of ether oxygens (including phenoxy) is 1. The third-order valence-electron chi connectivity index (χ3n) is 4.69. The minimum absolute atomic E-state index is 0.00671. The summed E-state index contributed by atoms with van der Waals surface area (Å²) in [4.78, 5) is 19.0. The topological polar surface area (TPSA) is 54.5 Å². The van der Waals surface area contributed by atoms with Crippen molar-refractivity contribution in [3.05, 3.63) is 35.5 Å². The van der Waals surface area contributed by atoms with Gasteiger partial charge in [0.2, 0.25) is 0 Å². The second-order valence-corrected chi connectivity index (χ2v) is 6.92. The van der Waals surface area contributed by atoms with E-state index in [-0.39, 0.29) is 18.6 Å². The number of carbonyl (C=O) groups is 1. The fourth-order valence-electron chi connectivity index (χ4n) is 3.32. The summed E-state index contributed by atoms with van der Waals surface area (Å²) >= 11 is 6.17. The predicted octanol–water partition coefficient (Wildman–Crippen LogP) is 2.62. The van der Waals surface area contributed by atoms with Gasteiger partial charge in [0.05, 0.1) is 5.02 Å². The lowest BCUT2D eigenvalue weighted by atomic mass is 10.2. The molecule has 1 saturated carbocycles. The monoisotopic (exact) mass is 345 g/mol. The summed E-state index contributed by atoms with van der Waals surface area (Å²) in [5.74, 6) is 0.493. The van der Waals surface area contributed by atoms with Gasteiger partial charge < -0.3 is 10.1 Å². The van der Waals surface area contributed by atoms with Crippen molar-refractivity contribution in [3.8, 4) is 5.75 Å². The average Bonchev–Trinajstić information content (AvgIpc) is 3.35. The lowest BCUT2D eigenvalue weighted by molar-refractivity contribution is -0.123. The zero-order valence-corrected chi connectivity index (χ0v) is 14.1. The van der Waals surface area contributed by atoms with Crippen LogP contribution in [0.15, 0.2) is 30.5 Å². The van der Waals surface area contributed by atoms with E-state index in [0.29, 0.717) is 16.3 Å². The molecular formula is C18H20ClN3O2. The summed E-state index contributed by atoms with van der Waals surface area (Å²) in [7, 11) is 0. The summed E-state index contributed by atoms with van der Waals surface area (Å²) in [6.45, 7) is 2.04. The van der Waals surface area contributed by atoms with E-state index in [9.17, 15) is 4.79 Å². The van der Waals surface area contributed by atoms with E-state index in [1.165, 1.54) is 12.8 Å². The molecule has 0 radical (unpaired) electrons. The Hall–Kier alpha value is -1.85. The first kappa shape index (κ1) is 15.7. The molecule has 1 atom stereocenters. The predicted molar refractivity (Wildman–Crippen MR) is 93.4 cm³/mol. The molecule has 126 valence electrons. The van der Waals surface area contributed by atoms with E-state index >= 15 is 0 Å². The molecule has 1 N–H and O–H groups in total. The first-order valence-corrected chi connectivity index (χ1v) is 8.78. The maximum Gasteiger partial charge on any atom is 0.258 e. The molecule has 1 unspecified atom stereocenters. The maximum absolute atomic E-state index is 12.2. The summed E-state index contributed by atoms with van der Waals surface area (Å²) < 4.78 is 5.69.